The Hall–Kier alpha value is -1.88. The summed E-state index contributed by atoms with van der Waals surface area (Å²) < 4.78 is 37.5. The zero-order valence-electron chi connectivity index (χ0n) is 11.9. The summed E-state index contributed by atoms with van der Waals surface area (Å²) in [5, 5.41) is 0. The highest BCUT2D eigenvalue weighted by molar-refractivity contribution is 5.32. The van der Waals surface area contributed by atoms with E-state index in [2.05, 4.69) is 4.98 Å². The van der Waals surface area contributed by atoms with Crippen molar-refractivity contribution in [3.63, 3.8) is 0 Å². The predicted molar refractivity (Wildman–Crippen MR) is 75.8 cm³/mol. The summed E-state index contributed by atoms with van der Waals surface area (Å²) in [6.45, 7) is 3.98. The normalized spacial score (nSPS) is 13.2. The zero-order chi connectivity index (χ0) is 15.6. The molecular weight excluding hydrogens is 277 g/mol. The molecule has 2 aromatic rings. The second-order valence-corrected chi connectivity index (χ2v) is 5.21. The van der Waals surface area contributed by atoms with E-state index in [4.69, 9.17) is 5.73 Å². The van der Waals surface area contributed by atoms with Crippen molar-refractivity contribution in [3.05, 3.63) is 64.5 Å². The maximum absolute atomic E-state index is 12.5. The van der Waals surface area contributed by atoms with E-state index in [1.165, 1.54) is 6.07 Å². The first-order valence-corrected chi connectivity index (χ1v) is 6.62. The number of rotatable bonds is 3. The maximum Gasteiger partial charge on any atom is 0.417 e. The summed E-state index contributed by atoms with van der Waals surface area (Å²) in [5.74, 6) is 0. The van der Waals surface area contributed by atoms with Crippen LogP contribution in [0, 0.1) is 13.8 Å². The van der Waals surface area contributed by atoms with Gasteiger partial charge in [0.25, 0.3) is 0 Å². The van der Waals surface area contributed by atoms with Gasteiger partial charge >= 0.3 is 6.18 Å². The van der Waals surface area contributed by atoms with E-state index < -0.39 is 17.8 Å². The van der Waals surface area contributed by atoms with E-state index in [1.54, 1.807) is 0 Å². The Balaban J connectivity index is 2.17. The minimum absolute atomic E-state index is 0.423. The topological polar surface area (TPSA) is 38.9 Å². The summed E-state index contributed by atoms with van der Waals surface area (Å²) in [6, 6.07) is 8.01. The zero-order valence-corrected chi connectivity index (χ0v) is 11.9. The molecule has 0 radical (unpaired) electrons. The lowest BCUT2D eigenvalue weighted by molar-refractivity contribution is -0.137. The molecule has 0 saturated carbocycles. The molecule has 2 N–H and O–H groups in total. The van der Waals surface area contributed by atoms with Crippen molar-refractivity contribution in [2.24, 2.45) is 5.73 Å². The highest BCUT2D eigenvalue weighted by atomic mass is 19.4. The minimum atomic E-state index is -4.37. The van der Waals surface area contributed by atoms with Crippen LogP contribution in [0.1, 0.15) is 34.0 Å². The smallest absolute Gasteiger partial charge is 0.322 e. The third-order valence-corrected chi connectivity index (χ3v) is 3.44. The minimum Gasteiger partial charge on any atom is -0.322 e. The van der Waals surface area contributed by atoms with Crippen molar-refractivity contribution in [3.8, 4) is 0 Å². The van der Waals surface area contributed by atoms with Gasteiger partial charge in [-0.05, 0) is 43.5 Å². The number of halogens is 3. The van der Waals surface area contributed by atoms with Crippen LogP contribution in [0.4, 0.5) is 13.2 Å². The number of hydrogen-bond acceptors (Lipinski definition) is 2. The SMILES string of the molecule is Cc1ccc(C)c(CC(N)c2ccc(C(F)(F)F)cn2)c1. The number of benzene rings is 1. The van der Waals surface area contributed by atoms with Crippen LogP contribution in [-0.4, -0.2) is 4.98 Å². The summed E-state index contributed by atoms with van der Waals surface area (Å²) in [7, 11) is 0. The monoisotopic (exact) mass is 294 g/mol. The van der Waals surface area contributed by atoms with E-state index in [-0.39, 0.29) is 0 Å². The molecule has 0 aliphatic heterocycles. The van der Waals surface area contributed by atoms with Crippen LogP contribution in [0.3, 0.4) is 0 Å². The molecule has 0 bridgehead atoms. The molecule has 2 nitrogen and oxygen atoms in total. The van der Waals surface area contributed by atoms with Gasteiger partial charge in [-0.25, -0.2) is 0 Å². The molecule has 2 rings (SSSR count). The van der Waals surface area contributed by atoms with E-state index in [0.29, 0.717) is 12.1 Å². The molecule has 1 aromatic carbocycles. The first-order chi connectivity index (χ1) is 9.77. The number of aryl methyl sites for hydroxylation is 2. The number of pyridine rings is 1. The molecule has 21 heavy (non-hydrogen) atoms. The Morgan fingerprint density at radius 2 is 1.86 bits per heavy atom. The molecular formula is C16H17F3N2. The molecule has 112 valence electrons. The Kier molecular flexibility index (Phi) is 4.32. The van der Waals surface area contributed by atoms with Gasteiger partial charge in [0.05, 0.1) is 17.3 Å². The van der Waals surface area contributed by atoms with E-state index in [0.717, 1.165) is 29.0 Å². The molecule has 0 amide bonds. The average molecular weight is 294 g/mol. The number of nitrogens with zero attached hydrogens (tertiary/aromatic N) is 1. The Bertz CT molecular complexity index is 618. The first-order valence-electron chi connectivity index (χ1n) is 6.62. The second kappa shape index (κ2) is 5.85. The van der Waals surface area contributed by atoms with Gasteiger partial charge in [-0.3, -0.25) is 4.98 Å². The fraction of sp³-hybridized carbons (Fsp3) is 0.312. The van der Waals surface area contributed by atoms with Crippen molar-refractivity contribution in [2.75, 3.05) is 0 Å². The van der Waals surface area contributed by atoms with Crippen molar-refractivity contribution in [2.45, 2.75) is 32.5 Å². The summed E-state index contributed by atoms with van der Waals surface area (Å²) >= 11 is 0. The van der Waals surface area contributed by atoms with Gasteiger partial charge in [0.1, 0.15) is 0 Å². The third kappa shape index (κ3) is 3.82. The average Bonchev–Trinajstić information content (AvgIpc) is 2.42. The Labute approximate surface area is 121 Å². The lowest BCUT2D eigenvalue weighted by Gasteiger charge is -2.14. The quantitative estimate of drug-likeness (QED) is 0.930. The number of nitrogens with two attached hydrogens (primary N) is 1. The van der Waals surface area contributed by atoms with Crippen LogP contribution in [0.5, 0.6) is 0 Å². The van der Waals surface area contributed by atoms with Gasteiger partial charge in [-0.2, -0.15) is 13.2 Å². The molecule has 0 fully saturated rings. The fourth-order valence-corrected chi connectivity index (χ4v) is 2.15. The summed E-state index contributed by atoms with van der Waals surface area (Å²) in [4.78, 5) is 3.85. The van der Waals surface area contributed by atoms with Crippen molar-refractivity contribution < 1.29 is 13.2 Å². The van der Waals surface area contributed by atoms with E-state index >= 15 is 0 Å². The Morgan fingerprint density at radius 3 is 2.43 bits per heavy atom. The third-order valence-electron chi connectivity index (χ3n) is 3.44. The molecule has 0 saturated heterocycles. The van der Waals surface area contributed by atoms with Crippen LogP contribution in [0.15, 0.2) is 36.5 Å². The van der Waals surface area contributed by atoms with Crippen molar-refractivity contribution >= 4 is 0 Å². The van der Waals surface area contributed by atoms with Gasteiger partial charge in [0, 0.05) is 6.20 Å². The van der Waals surface area contributed by atoms with Crippen molar-refractivity contribution in [1.29, 1.82) is 0 Å². The molecule has 1 heterocycles. The summed E-state index contributed by atoms with van der Waals surface area (Å²) in [5.41, 5.74) is 9.09. The van der Waals surface area contributed by atoms with Gasteiger partial charge in [0.15, 0.2) is 0 Å². The van der Waals surface area contributed by atoms with Gasteiger partial charge in [0.2, 0.25) is 0 Å². The molecule has 0 spiro atoms. The molecule has 1 aromatic heterocycles. The Morgan fingerprint density at radius 1 is 1.14 bits per heavy atom. The van der Waals surface area contributed by atoms with E-state index in [9.17, 15) is 13.2 Å². The lowest BCUT2D eigenvalue weighted by Crippen LogP contribution is -2.16. The number of alkyl halides is 3. The molecule has 1 atom stereocenters. The van der Waals surface area contributed by atoms with Crippen LogP contribution < -0.4 is 5.73 Å². The van der Waals surface area contributed by atoms with Gasteiger partial charge in [-0.1, -0.05) is 23.8 Å². The van der Waals surface area contributed by atoms with E-state index in [1.807, 2.05) is 32.0 Å². The summed E-state index contributed by atoms with van der Waals surface area (Å²) in [6.07, 6.45) is -2.99. The largest absolute Gasteiger partial charge is 0.417 e. The van der Waals surface area contributed by atoms with Crippen LogP contribution in [0.25, 0.3) is 0 Å². The highest BCUT2D eigenvalue weighted by Crippen LogP contribution is 2.29. The molecule has 5 heteroatoms. The van der Waals surface area contributed by atoms with Crippen LogP contribution in [-0.2, 0) is 12.6 Å². The predicted octanol–water partition coefficient (Wildman–Crippen LogP) is 3.96. The molecule has 0 aliphatic carbocycles. The first kappa shape index (κ1) is 15.5. The van der Waals surface area contributed by atoms with Crippen LogP contribution in [0.2, 0.25) is 0 Å². The molecule has 1 unspecified atom stereocenters. The standard InChI is InChI=1S/C16H17F3N2/c1-10-3-4-11(2)12(7-10)8-14(20)15-6-5-13(9-21-15)16(17,18)19/h3-7,9,14H,8,20H2,1-2H3. The van der Waals surface area contributed by atoms with Gasteiger partial charge in [-0.15, -0.1) is 0 Å². The molecule has 0 aliphatic rings. The number of aromatic nitrogens is 1. The van der Waals surface area contributed by atoms with Gasteiger partial charge < -0.3 is 5.73 Å². The van der Waals surface area contributed by atoms with Crippen LogP contribution >= 0.6 is 0 Å². The highest BCUT2D eigenvalue weighted by Gasteiger charge is 2.30. The maximum atomic E-state index is 12.5. The van der Waals surface area contributed by atoms with Crippen molar-refractivity contribution in [1.82, 2.24) is 4.98 Å². The second-order valence-electron chi connectivity index (χ2n) is 5.21. The lowest BCUT2D eigenvalue weighted by atomic mass is 9.97. The fourth-order valence-electron chi connectivity index (χ4n) is 2.15. The number of hydrogen-bond donors (Lipinski definition) is 1.